The SMILES string of the molecule is O=S(=O)(N[C@@H]1COCC[C@@H]1Oc1cccc(F)c1)c1cccs1. The number of hydrogen-bond acceptors (Lipinski definition) is 5. The van der Waals surface area contributed by atoms with Gasteiger partial charge in [-0.05, 0) is 23.6 Å². The molecular formula is C15H16FNO4S2. The average Bonchev–Trinajstić information content (AvgIpc) is 3.04. The van der Waals surface area contributed by atoms with E-state index in [0.29, 0.717) is 18.8 Å². The first-order chi connectivity index (χ1) is 11.0. The largest absolute Gasteiger partial charge is 0.488 e. The Kier molecular flexibility index (Phi) is 4.96. The summed E-state index contributed by atoms with van der Waals surface area (Å²) in [5, 5.41) is 1.70. The molecule has 0 unspecified atom stereocenters. The van der Waals surface area contributed by atoms with Crippen molar-refractivity contribution >= 4 is 21.4 Å². The van der Waals surface area contributed by atoms with Gasteiger partial charge in [0.1, 0.15) is 21.9 Å². The molecule has 2 aromatic rings. The summed E-state index contributed by atoms with van der Waals surface area (Å²) in [6.45, 7) is 0.682. The van der Waals surface area contributed by atoms with E-state index in [2.05, 4.69) is 4.72 Å². The van der Waals surface area contributed by atoms with Crippen LogP contribution in [0.15, 0.2) is 46.0 Å². The molecule has 1 aliphatic heterocycles. The standard InChI is InChI=1S/C15H16FNO4S2/c16-11-3-1-4-12(9-11)21-14-6-7-20-10-13(14)17-23(18,19)15-5-2-8-22-15/h1-5,8-9,13-14,17H,6-7,10H2/t13-,14+/m1/s1. The maximum absolute atomic E-state index is 13.3. The van der Waals surface area contributed by atoms with Crippen molar-refractivity contribution in [1.82, 2.24) is 4.72 Å². The Labute approximate surface area is 138 Å². The lowest BCUT2D eigenvalue weighted by atomic mass is 10.1. The van der Waals surface area contributed by atoms with E-state index in [-0.39, 0.29) is 10.8 Å². The fraction of sp³-hybridized carbons (Fsp3) is 0.333. The molecule has 0 bridgehead atoms. The van der Waals surface area contributed by atoms with Gasteiger partial charge in [-0.25, -0.2) is 17.5 Å². The molecule has 0 spiro atoms. The lowest BCUT2D eigenvalue weighted by molar-refractivity contribution is 0.00313. The van der Waals surface area contributed by atoms with Crippen molar-refractivity contribution in [1.29, 1.82) is 0 Å². The van der Waals surface area contributed by atoms with Gasteiger partial charge in [0.25, 0.3) is 10.0 Å². The minimum atomic E-state index is -3.62. The van der Waals surface area contributed by atoms with Crippen molar-refractivity contribution in [3.63, 3.8) is 0 Å². The molecule has 8 heteroatoms. The summed E-state index contributed by atoms with van der Waals surface area (Å²) in [6.07, 6.45) is 0.106. The molecule has 5 nitrogen and oxygen atoms in total. The highest BCUT2D eigenvalue weighted by Crippen LogP contribution is 2.22. The Morgan fingerprint density at radius 1 is 1.30 bits per heavy atom. The van der Waals surface area contributed by atoms with Crippen molar-refractivity contribution in [3.05, 3.63) is 47.6 Å². The summed E-state index contributed by atoms with van der Waals surface area (Å²) in [4.78, 5) is 0. The van der Waals surface area contributed by atoms with Crippen LogP contribution in [0.3, 0.4) is 0 Å². The molecule has 1 fully saturated rings. The van der Waals surface area contributed by atoms with E-state index in [1.807, 2.05) is 0 Å². The summed E-state index contributed by atoms with van der Waals surface area (Å²) in [5.74, 6) is -0.0255. The topological polar surface area (TPSA) is 64.6 Å². The lowest BCUT2D eigenvalue weighted by Gasteiger charge is -2.32. The van der Waals surface area contributed by atoms with Gasteiger partial charge >= 0.3 is 0 Å². The fourth-order valence-corrected chi connectivity index (χ4v) is 4.62. The molecule has 1 aliphatic rings. The first-order valence-electron chi connectivity index (χ1n) is 7.10. The summed E-state index contributed by atoms with van der Waals surface area (Å²) >= 11 is 1.14. The minimum Gasteiger partial charge on any atom is -0.488 e. The molecule has 0 amide bonds. The van der Waals surface area contributed by atoms with E-state index in [1.54, 1.807) is 29.6 Å². The van der Waals surface area contributed by atoms with Gasteiger partial charge in [0.05, 0.1) is 19.3 Å². The highest BCUT2D eigenvalue weighted by molar-refractivity contribution is 7.91. The molecule has 124 valence electrons. The van der Waals surface area contributed by atoms with Gasteiger partial charge in [0.2, 0.25) is 0 Å². The van der Waals surface area contributed by atoms with E-state index < -0.39 is 28.0 Å². The number of hydrogen-bond donors (Lipinski definition) is 1. The highest BCUT2D eigenvalue weighted by Gasteiger charge is 2.32. The molecule has 3 rings (SSSR count). The highest BCUT2D eigenvalue weighted by atomic mass is 32.2. The molecular weight excluding hydrogens is 341 g/mol. The number of ether oxygens (including phenoxy) is 2. The zero-order valence-corrected chi connectivity index (χ0v) is 13.8. The van der Waals surface area contributed by atoms with E-state index >= 15 is 0 Å². The van der Waals surface area contributed by atoms with Gasteiger partial charge in [0, 0.05) is 12.5 Å². The molecule has 23 heavy (non-hydrogen) atoms. The Balaban J connectivity index is 1.74. The third kappa shape index (κ3) is 4.08. The van der Waals surface area contributed by atoms with Crippen LogP contribution in [0.4, 0.5) is 4.39 Å². The molecule has 0 saturated carbocycles. The molecule has 0 radical (unpaired) electrons. The van der Waals surface area contributed by atoms with Crippen LogP contribution in [-0.2, 0) is 14.8 Å². The zero-order chi connectivity index (χ0) is 16.3. The molecule has 0 aliphatic carbocycles. The summed E-state index contributed by atoms with van der Waals surface area (Å²) < 4.78 is 51.9. The molecule has 1 saturated heterocycles. The van der Waals surface area contributed by atoms with E-state index in [1.165, 1.54) is 12.1 Å². The summed E-state index contributed by atoms with van der Waals surface area (Å²) in [6, 6.07) is 8.49. The Hall–Kier alpha value is -1.48. The second-order valence-corrected chi connectivity index (χ2v) is 8.03. The van der Waals surface area contributed by atoms with Gasteiger partial charge in [-0.2, -0.15) is 0 Å². The molecule has 1 aromatic heterocycles. The van der Waals surface area contributed by atoms with Crippen LogP contribution in [0.2, 0.25) is 0 Å². The van der Waals surface area contributed by atoms with Crippen LogP contribution < -0.4 is 9.46 Å². The molecule has 1 N–H and O–H groups in total. The molecule has 1 aromatic carbocycles. The third-order valence-electron chi connectivity index (χ3n) is 3.44. The predicted octanol–water partition coefficient (Wildman–Crippen LogP) is 2.40. The maximum atomic E-state index is 13.3. The first kappa shape index (κ1) is 16.4. The van der Waals surface area contributed by atoms with Gasteiger partial charge in [-0.3, -0.25) is 0 Å². The van der Waals surface area contributed by atoms with Crippen LogP contribution in [-0.4, -0.2) is 33.8 Å². The van der Waals surface area contributed by atoms with E-state index in [9.17, 15) is 12.8 Å². The first-order valence-corrected chi connectivity index (χ1v) is 9.47. The monoisotopic (exact) mass is 357 g/mol. The van der Waals surface area contributed by atoms with Gasteiger partial charge < -0.3 is 9.47 Å². The lowest BCUT2D eigenvalue weighted by Crippen LogP contribution is -2.51. The van der Waals surface area contributed by atoms with Crippen molar-refractivity contribution in [2.24, 2.45) is 0 Å². The van der Waals surface area contributed by atoms with E-state index in [0.717, 1.165) is 11.3 Å². The van der Waals surface area contributed by atoms with Crippen LogP contribution in [0.1, 0.15) is 6.42 Å². The number of benzene rings is 1. The number of sulfonamides is 1. The average molecular weight is 357 g/mol. The second kappa shape index (κ2) is 6.96. The fourth-order valence-electron chi connectivity index (χ4n) is 2.36. The van der Waals surface area contributed by atoms with Crippen molar-refractivity contribution < 1.29 is 22.3 Å². The van der Waals surface area contributed by atoms with Crippen molar-refractivity contribution in [3.8, 4) is 5.75 Å². The summed E-state index contributed by atoms with van der Waals surface area (Å²) in [7, 11) is -3.62. The Morgan fingerprint density at radius 2 is 2.17 bits per heavy atom. The number of nitrogens with one attached hydrogen (secondary N) is 1. The minimum absolute atomic E-state index is 0.213. The Bertz CT molecular complexity index is 749. The second-order valence-electron chi connectivity index (χ2n) is 5.14. The van der Waals surface area contributed by atoms with Crippen LogP contribution >= 0.6 is 11.3 Å². The Morgan fingerprint density at radius 3 is 2.91 bits per heavy atom. The van der Waals surface area contributed by atoms with Crippen molar-refractivity contribution in [2.75, 3.05) is 13.2 Å². The van der Waals surface area contributed by atoms with Crippen LogP contribution in [0.25, 0.3) is 0 Å². The number of thiophene rings is 1. The van der Waals surface area contributed by atoms with Crippen molar-refractivity contribution in [2.45, 2.75) is 22.8 Å². The van der Waals surface area contributed by atoms with Gasteiger partial charge in [-0.15, -0.1) is 11.3 Å². The van der Waals surface area contributed by atoms with E-state index in [4.69, 9.17) is 9.47 Å². The van der Waals surface area contributed by atoms with Gasteiger partial charge in [-0.1, -0.05) is 12.1 Å². The van der Waals surface area contributed by atoms with Crippen LogP contribution in [0, 0.1) is 5.82 Å². The van der Waals surface area contributed by atoms with Gasteiger partial charge in [0.15, 0.2) is 0 Å². The maximum Gasteiger partial charge on any atom is 0.250 e. The quantitative estimate of drug-likeness (QED) is 0.892. The number of rotatable bonds is 5. The smallest absolute Gasteiger partial charge is 0.250 e. The normalized spacial score (nSPS) is 22.0. The molecule has 2 atom stereocenters. The third-order valence-corrected chi connectivity index (χ3v) is 6.33. The number of halogens is 1. The molecule has 2 heterocycles. The summed E-state index contributed by atoms with van der Waals surface area (Å²) in [5.41, 5.74) is 0. The van der Waals surface area contributed by atoms with Crippen LogP contribution in [0.5, 0.6) is 5.75 Å². The predicted molar refractivity (Wildman–Crippen MR) is 84.7 cm³/mol. The zero-order valence-electron chi connectivity index (χ0n) is 12.1.